The fraction of sp³-hybridized carbons (Fsp3) is 0.458. The van der Waals surface area contributed by atoms with Gasteiger partial charge in [0.15, 0.2) is 11.5 Å². The molecule has 0 radical (unpaired) electrons. The average molecular weight is 436 g/mol. The lowest BCUT2D eigenvalue weighted by molar-refractivity contribution is -0.117. The molecule has 1 atom stereocenters. The van der Waals surface area contributed by atoms with Crippen molar-refractivity contribution >= 4 is 11.6 Å². The Morgan fingerprint density at radius 3 is 2.39 bits per heavy atom. The number of carbonyl (C=O) groups is 1. The molecule has 0 aromatic heterocycles. The highest BCUT2D eigenvalue weighted by Gasteiger charge is 2.21. The highest BCUT2D eigenvalue weighted by Crippen LogP contribution is 2.25. The number of benzene rings is 2. The van der Waals surface area contributed by atoms with E-state index in [2.05, 4.69) is 5.32 Å². The van der Waals surface area contributed by atoms with Crippen molar-refractivity contribution in [3.8, 4) is 11.5 Å². The van der Waals surface area contributed by atoms with Crippen molar-refractivity contribution in [3.05, 3.63) is 53.6 Å². The third-order valence-electron chi connectivity index (χ3n) is 4.97. The first-order valence-corrected chi connectivity index (χ1v) is 10.0. The second kappa shape index (κ2) is 11.1. The van der Waals surface area contributed by atoms with Crippen molar-refractivity contribution in [3.63, 3.8) is 0 Å². The molecule has 3 rings (SSSR count). The minimum absolute atomic E-state index is 0.00388. The highest BCUT2D eigenvalue weighted by atomic mass is 16.5. The van der Waals surface area contributed by atoms with Gasteiger partial charge in [0.2, 0.25) is 5.91 Å². The molecule has 1 aliphatic rings. The molecule has 7 heteroatoms. The first-order valence-electron chi connectivity index (χ1n) is 14.0. The average Bonchev–Trinajstić information content (AvgIpc) is 2.84. The highest BCUT2D eigenvalue weighted by molar-refractivity contribution is 5.93. The summed E-state index contributed by atoms with van der Waals surface area (Å²) in [5.41, 5.74) is -0.706. The number of hydrogen-bond acceptors (Lipinski definition) is 6. The number of anilines is 1. The van der Waals surface area contributed by atoms with E-state index < -0.39 is 32.3 Å². The Morgan fingerprint density at radius 1 is 1.10 bits per heavy atom. The molecular weight excluding hydrogens is 394 g/mol. The zero-order valence-electron chi connectivity index (χ0n) is 25.4. The summed E-state index contributed by atoms with van der Waals surface area (Å²) in [5.74, 6) is -0.0400. The number of para-hydroxylation sites is 3. The summed E-state index contributed by atoms with van der Waals surface area (Å²) < 4.78 is 73.4. The fourth-order valence-electron chi connectivity index (χ4n) is 3.32. The number of carbonyl (C=O) groups excluding carboxylic acids is 1. The van der Waals surface area contributed by atoms with E-state index in [-0.39, 0.29) is 35.7 Å². The normalized spacial score (nSPS) is 21.1. The molecule has 0 spiro atoms. The Hall–Kier alpha value is -2.61. The molecule has 0 saturated carbocycles. The lowest BCUT2D eigenvalue weighted by Crippen LogP contribution is -2.50. The number of aliphatic hydroxyl groups is 1. The zero-order chi connectivity index (χ0) is 29.0. The molecule has 1 saturated heterocycles. The Labute approximate surface area is 195 Å². The van der Waals surface area contributed by atoms with E-state index in [1.807, 2.05) is 9.80 Å². The molecule has 1 fully saturated rings. The van der Waals surface area contributed by atoms with Crippen LogP contribution in [0, 0.1) is 13.7 Å². The van der Waals surface area contributed by atoms with Gasteiger partial charge in [0.1, 0.15) is 12.7 Å². The fourth-order valence-corrected chi connectivity index (χ4v) is 3.32. The summed E-state index contributed by atoms with van der Waals surface area (Å²) in [5, 5.41) is 13.1. The molecule has 2 aromatic rings. The van der Waals surface area contributed by atoms with E-state index in [0.717, 1.165) is 0 Å². The van der Waals surface area contributed by atoms with E-state index in [4.69, 9.17) is 20.4 Å². The Kier molecular flexibility index (Phi) is 5.19. The van der Waals surface area contributed by atoms with Gasteiger partial charge in [-0.3, -0.25) is 14.6 Å². The maximum atomic E-state index is 12.8. The van der Waals surface area contributed by atoms with Crippen LogP contribution in [0.25, 0.3) is 0 Å². The number of methoxy groups -OCH3 is 1. The van der Waals surface area contributed by atoms with Crippen LogP contribution < -0.4 is 14.8 Å². The number of aliphatic hydroxyl groups excluding tert-OH is 1. The molecule has 2 aromatic carbocycles. The first-order chi connectivity index (χ1) is 18.1. The summed E-state index contributed by atoms with van der Waals surface area (Å²) in [6.45, 7) is -6.01. The summed E-state index contributed by atoms with van der Waals surface area (Å²) >= 11 is 0. The summed E-state index contributed by atoms with van der Waals surface area (Å²) in [7, 11) is 1.44. The second-order valence-corrected chi connectivity index (χ2v) is 7.24. The minimum Gasteiger partial charge on any atom is -0.493 e. The van der Waals surface area contributed by atoms with Gasteiger partial charge in [-0.2, -0.15) is 0 Å². The van der Waals surface area contributed by atoms with E-state index in [9.17, 15) is 9.90 Å². The van der Waals surface area contributed by atoms with E-state index in [1.165, 1.54) is 25.3 Å². The van der Waals surface area contributed by atoms with Crippen molar-refractivity contribution in [2.24, 2.45) is 0 Å². The smallest absolute Gasteiger partial charge is 0.238 e. The van der Waals surface area contributed by atoms with Gasteiger partial charge in [-0.1, -0.05) is 30.3 Å². The van der Waals surface area contributed by atoms with Crippen LogP contribution >= 0.6 is 0 Å². The van der Waals surface area contributed by atoms with Crippen LogP contribution in [0.5, 0.6) is 11.5 Å². The topological polar surface area (TPSA) is 74.3 Å². The molecule has 1 heterocycles. The van der Waals surface area contributed by atoms with E-state index in [0.29, 0.717) is 31.9 Å². The maximum absolute atomic E-state index is 12.8. The van der Waals surface area contributed by atoms with Gasteiger partial charge in [-0.05, 0) is 37.0 Å². The van der Waals surface area contributed by atoms with Crippen molar-refractivity contribution < 1.29 is 30.3 Å². The van der Waals surface area contributed by atoms with Crippen LogP contribution in [0.1, 0.15) is 22.1 Å². The van der Waals surface area contributed by atoms with Crippen molar-refractivity contribution in [1.82, 2.24) is 9.80 Å². The molecule has 0 aliphatic carbocycles. The van der Waals surface area contributed by atoms with Crippen LogP contribution in [0.2, 0.25) is 0 Å². The van der Waals surface area contributed by atoms with Gasteiger partial charge < -0.3 is 19.9 Å². The Balaban J connectivity index is 1.56. The summed E-state index contributed by atoms with van der Waals surface area (Å²) in [6, 6.07) is 10.5. The van der Waals surface area contributed by atoms with E-state index in [1.54, 1.807) is 24.3 Å². The molecule has 31 heavy (non-hydrogen) atoms. The maximum Gasteiger partial charge on any atom is 0.238 e. The number of hydrogen-bond donors (Lipinski definition) is 2. The number of rotatable bonds is 9. The largest absolute Gasteiger partial charge is 0.493 e. The number of amides is 1. The monoisotopic (exact) mass is 435 g/mol. The molecular formula is C24H33N3O4. The number of ether oxygens (including phenoxy) is 2. The number of aryl methyl sites for hydroxylation is 2. The van der Waals surface area contributed by atoms with Gasteiger partial charge in [0.05, 0.1) is 16.4 Å². The van der Waals surface area contributed by atoms with Crippen LogP contribution in [0.4, 0.5) is 5.69 Å². The summed E-state index contributed by atoms with van der Waals surface area (Å²) in [4.78, 5) is 16.5. The molecule has 1 unspecified atom stereocenters. The van der Waals surface area contributed by atoms with E-state index >= 15 is 0 Å². The zero-order valence-corrected chi connectivity index (χ0v) is 17.4. The number of nitrogens with zero attached hydrogens (tertiary/aromatic N) is 2. The molecule has 0 bridgehead atoms. The standard InChI is InChI=1S/C24H33N3O4/c1-18-7-6-8-19(2)24(18)25-23(29)16-27-13-11-26(12-14-27)15-20(28)17-31-22-10-5-4-9-21(22)30-3/h4-10,20,28H,11-17H2,1-3H3,(H,25,29)/i1D3,2D3,17D2. The van der Waals surface area contributed by atoms with Gasteiger partial charge in [-0.25, -0.2) is 0 Å². The van der Waals surface area contributed by atoms with Gasteiger partial charge in [-0.15, -0.1) is 0 Å². The molecule has 1 amide bonds. The van der Waals surface area contributed by atoms with Crippen LogP contribution in [0.3, 0.4) is 0 Å². The van der Waals surface area contributed by atoms with Crippen LogP contribution in [-0.4, -0.2) is 79.9 Å². The molecule has 2 N–H and O–H groups in total. The van der Waals surface area contributed by atoms with Crippen LogP contribution in [0.15, 0.2) is 42.5 Å². The van der Waals surface area contributed by atoms with Crippen molar-refractivity contribution in [2.75, 3.05) is 58.3 Å². The SMILES string of the molecule is [2H]C([2H])([2H])c1cccc(C([2H])([2H])[2H])c1NC(=O)CN1CCN(CC(O)C([2H])([2H])Oc2ccccc2OC)CC1. The van der Waals surface area contributed by atoms with Crippen molar-refractivity contribution in [2.45, 2.75) is 19.8 Å². The number of nitrogens with one attached hydrogen (secondary N) is 1. The third kappa shape index (κ3) is 6.69. The lowest BCUT2D eigenvalue weighted by atomic mass is 10.1. The predicted octanol–water partition coefficient (Wildman–Crippen LogP) is 2.31. The molecule has 7 nitrogen and oxygen atoms in total. The van der Waals surface area contributed by atoms with Gasteiger partial charge in [0, 0.05) is 46.6 Å². The van der Waals surface area contributed by atoms with Gasteiger partial charge in [0.25, 0.3) is 0 Å². The predicted molar refractivity (Wildman–Crippen MR) is 122 cm³/mol. The molecule has 1 aliphatic heterocycles. The Morgan fingerprint density at radius 2 is 1.74 bits per heavy atom. The van der Waals surface area contributed by atoms with Gasteiger partial charge >= 0.3 is 0 Å². The quantitative estimate of drug-likeness (QED) is 0.630. The lowest BCUT2D eigenvalue weighted by Gasteiger charge is -2.35. The minimum atomic E-state index is -2.61. The first kappa shape index (κ1) is 14.5. The third-order valence-corrected chi connectivity index (χ3v) is 4.97. The van der Waals surface area contributed by atoms with Crippen LogP contribution in [-0.2, 0) is 4.79 Å². The summed E-state index contributed by atoms with van der Waals surface area (Å²) in [6.07, 6.45) is -1.47. The Bertz CT molecular complexity index is 1100. The second-order valence-electron chi connectivity index (χ2n) is 7.24. The number of β-amino-alcohol motifs (C(OH)–C–C–N with tert-alkyl or cyclic N) is 1. The molecule has 168 valence electrons. The van der Waals surface area contributed by atoms with Crippen molar-refractivity contribution in [1.29, 1.82) is 0 Å². The number of piperazine rings is 1.